The van der Waals surface area contributed by atoms with Crippen LogP contribution < -0.4 is 10.1 Å². The Hall–Kier alpha value is -2.38. The predicted molar refractivity (Wildman–Crippen MR) is 123 cm³/mol. The minimum absolute atomic E-state index is 0.252. The van der Waals surface area contributed by atoms with E-state index in [1.165, 1.54) is 16.7 Å². The molecule has 1 unspecified atom stereocenters. The van der Waals surface area contributed by atoms with Crippen LogP contribution in [0.25, 0.3) is 16.5 Å². The van der Waals surface area contributed by atoms with E-state index in [1.54, 1.807) is 22.7 Å². The first-order valence-corrected chi connectivity index (χ1v) is 11.4. The maximum Gasteiger partial charge on any atom is 0.128 e. The van der Waals surface area contributed by atoms with Crippen molar-refractivity contribution in [3.63, 3.8) is 0 Å². The molecule has 3 aromatic heterocycles. The Labute approximate surface area is 178 Å². The van der Waals surface area contributed by atoms with Crippen LogP contribution >= 0.6 is 22.7 Å². The average molecular weight is 425 g/mol. The van der Waals surface area contributed by atoms with Crippen molar-refractivity contribution in [3.05, 3.63) is 80.8 Å². The molecule has 6 heteroatoms. The fraction of sp³-hybridized carbons (Fsp3) is 0.217. The van der Waals surface area contributed by atoms with Gasteiger partial charge in [-0.15, -0.1) is 0 Å². The average Bonchev–Trinajstić information content (AvgIpc) is 3.47. The summed E-state index contributed by atoms with van der Waals surface area (Å²) < 4.78 is 5.87. The summed E-state index contributed by atoms with van der Waals surface area (Å²) in [5.41, 5.74) is 5.83. The molecule has 0 fully saturated rings. The highest BCUT2D eigenvalue weighted by atomic mass is 32.1. The van der Waals surface area contributed by atoms with Gasteiger partial charge in [-0.2, -0.15) is 22.7 Å². The van der Waals surface area contributed by atoms with Crippen molar-refractivity contribution in [2.24, 2.45) is 0 Å². The van der Waals surface area contributed by atoms with Crippen LogP contribution in [0.1, 0.15) is 16.8 Å². The van der Waals surface area contributed by atoms with Crippen LogP contribution in [0.3, 0.4) is 0 Å². The molecule has 3 N–H and O–H groups in total. The lowest BCUT2D eigenvalue weighted by Crippen LogP contribution is -2.31. The molecule has 0 amide bonds. The summed E-state index contributed by atoms with van der Waals surface area (Å²) in [6.45, 7) is 3.43. The molecular formula is C23H24N2O2S2. The molecule has 0 aliphatic carbocycles. The lowest BCUT2D eigenvalue weighted by atomic mass is 10.0. The first-order valence-electron chi connectivity index (χ1n) is 9.56. The van der Waals surface area contributed by atoms with Gasteiger partial charge in [0.2, 0.25) is 0 Å². The van der Waals surface area contributed by atoms with E-state index in [2.05, 4.69) is 56.1 Å². The molecule has 3 heterocycles. The number of thiophene rings is 2. The third-order valence-electron chi connectivity index (χ3n) is 4.68. The third-order valence-corrected chi connectivity index (χ3v) is 6.05. The van der Waals surface area contributed by atoms with Crippen LogP contribution in [0.2, 0.25) is 0 Å². The van der Waals surface area contributed by atoms with E-state index in [1.807, 2.05) is 25.1 Å². The fourth-order valence-corrected chi connectivity index (χ4v) is 4.61. The second kappa shape index (κ2) is 9.41. The minimum atomic E-state index is -0.579. The molecule has 0 spiro atoms. The standard InChI is InChI=1S/C23H24N2O2S2/c1-16-11-21-22(25-16)3-2-4-23(21)27-13-19(26)12-24-8-5-20(17-6-9-28-14-17)18-7-10-29-15-18/h2-7,9-11,14-15,19,24-26H,8,12-13H2,1H3. The largest absolute Gasteiger partial charge is 0.490 e. The normalized spacial score (nSPS) is 12.2. The van der Waals surface area contributed by atoms with E-state index >= 15 is 0 Å². The fourth-order valence-electron chi connectivity index (χ4n) is 3.30. The molecule has 0 aliphatic rings. The summed E-state index contributed by atoms with van der Waals surface area (Å²) in [6.07, 6.45) is 1.60. The van der Waals surface area contributed by atoms with Gasteiger partial charge in [-0.3, -0.25) is 0 Å². The van der Waals surface area contributed by atoms with E-state index in [4.69, 9.17) is 4.74 Å². The van der Waals surface area contributed by atoms with Gasteiger partial charge in [0.15, 0.2) is 0 Å². The third kappa shape index (κ3) is 4.97. The lowest BCUT2D eigenvalue weighted by Gasteiger charge is -2.13. The van der Waals surface area contributed by atoms with E-state index in [9.17, 15) is 5.11 Å². The molecule has 0 radical (unpaired) electrons. The van der Waals surface area contributed by atoms with Gasteiger partial charge >= 0.3 is 0 Å². The van der Waals surface area contributed by atoms with Gasteiger partial charge in [-0.25, -0.2) is 0 Å². The quantitative estimate of drug-likeness (QED) is 0.329. The zero-order valence-electron chi connectivity index (χ0n) is 16.2. The van der Waals surface area contributed by atoms with Crippen LogP contribution in [0.15, 0.2) is 64.0 Å². The van der Waals surface area contributed by atoms with E-state index < -0.39 is 6.10 Å². The van der Waals surface area contributed by atoms with Gasteiger partial charge in [0.25, 0.3) is 0 Å². The summed E-state index contributed by atoms with van der Waals surface area (Å²) >= 11 is 3.40. The zero-order valence-corrected chi connectivity index (χ0v) is 17.9. The summed E-state index contributed by atoms with van der Waals surface area (Å²) in [5.74, 6) is 0.794. The second-order valence-electron chi connectivity index (χ2n) is 6.93. The second-order valence-corrected chi connectivity index (χ2v) is 8.49. The Morgan fingerprint density at radius 2 is 1.93 bits per heavy atom. The number of ether oxygens (including phenoxy) is 1. The molecule has 4 aromatic rings. The van der Waals surface area contributed by atoms with Crippen LogP contribution in [0.4, 0.5) is 0 Å². The summed E-state index contributed by atoms with van der Waals surface area (Å²) in [6, 6.07) is 12.3. The zero-order chi connectivity index (χ0) is 20.1. The van der Waals surface area contributed by atoms with Crippen molar-refractivity contribution in [2.75, 3.05) is 19.7 Å². The Morgan fingerprint density at radius 3 is 2.62 bits per heavy atom. The van der Waals surface area contributed by atoms with E-state index in [-0.39, 0.29) is 6.61 Å². The number of fused-ring (bicyclic) bond motifs is 1. The highest BCUT2D eigenvalue weighted by Gasteiger charge is 2.09. The van der Waals surface area contributed by atoms with Gasteiger partial charge in [-0.05, 0) is 75.5 Å². The number of aryl methyl sites for hydroxylation is 1. The van der Waals surface area contributed by atoms with Gasteiger partial charge in [0.1, 0.15) is 18.5 Å². The summed E-state index contributed by atoms with van der Waals surface area (Å²) in [4.78, 5) is 3.30. The first-order chi connectivity index (χ1) is 14.2. The molecule has 29 heavy (non-hydrogen) atoms. The van der Waals surface area contributed by atoms with E-state index in [0.717, 1.165) is 22.3 Å². The molecule has 0 aliphatic heterocycles. The topological polar surface area (TPSA) is 57.3 Å². The number of nitrogens with one attached hydrogen (secondary N) is 2. The van der Waals surface area contributed by atoms with Crippen molar-refractivity contribution in [1.29, 1.82) is 0 Å². The molecular weight excluding hydrogens is 400 g/mol. The Kier molecular flexibility index (Phi) is 6.46. The van der Waals surface area contributed by atoms with Gasteiger partial charge in [-0.1, -0.05) is 12.1 Å². The van der Waals surface area contributed by atoms with Gasteiger partial charge in [0, 0.05) is 29.7 Å². The summed E-state index contributed by atoms with van der Waals surface area (Å²) in [7, 11) is 0. The number of hydrogen-bond donors (Lipinski definition) is 3. The van der Waals surface area contributed by atoms with Crippen molar-refractivity contribution in [1.82, 2.24) is 10.3 Å². The lowest BCUT2D eigenvalue weighted by molar-refractivity contribution is 0.108. The van der Waals surface area contributed by atoms with Crippen molar-refractivity contribution >= 4 is 39.1 Å². The van der Waals surface area contributed by atoms with Crippen LogP contribution in [0.5, 0.6) is 5.75 Å². The number of H-pyrrole nitrogens is 1. The minimum Gasteiger partial charge on any atom is -0.490 e. The van der Waals surface area contributed by atoms with Crippen LogP contribution in [0, 0.1) is 6.92 Å². The number of aromatic amines is 1. The number of aliphatic hydroxyl groups excluding tert-OH is 1. The smallest absolute Gasteiger partial charge is 0.128 e. The maximum absolute atomic E-state index is 10.3. The van der Waals surface area contributed by atoms with Gasteiger partial charge in [0.05, 0.1) is 0 Å². The Morgan fingerprint density at radius 1 is 1.17 bits per heavy atom. The predicted octanol–water partition coefficient (Wildman–Crippen LogP) is 5.06. The molecule has 0 saturated carbocycles. The highest BCUT2D eigenvalue weighted by molar-refractivity contribution is 7.08. The SMILES string of the molecule is Cc1cc2c(OCC(O)CNCC=C(c3ccsc3)c3ccsc3)cccc2[nH]1. The van der Waals surface area contributed by atoms with Crippen LogP contribution in [-0.2, 0) is 0 Å². The number of aliphatic hydroxyl groups is 1. The number of aromatic nitrogens is 1. The Bertz CT molecular complexity index is 1030. The molecule has 4 nitrogen and oxygen atoms in total. The van der Waals surface area contributed by atoms with Crippen molar-refractivity contribution < 1.29 is 9.84 Å². The molecule has 4 rings (SSSR count). The molecule has 1 atom stereocenters. The number of rotatable bonds is 9. The van der Waals surface area contributed by atoms with E-state index in [0.29, 0.717) is 13.1 Å². The number of hydrogen-bond acceptors (Lipinski definition) is 5. The first kappa shape index (κ1) is 19.9. The molecule has 0 bridgehead atoms. The molecule has 1 aromatic carbocycles. The number of benzene rings is 1. The monoisotopic (exact) mass is 424 g/mol. The van der Waals surface area contributed by atoms with Crippen molar-refractivity contribution in [2.45, 2.75) is 13.0 Å². The summed E-state index contributed by atoms with van der Waals surface area (Å²) in [5, 5.41) is 23.2. The Balaban J connectivity index is 1.30. The van der Waals surface area contributed by atoms with Crippen molar-refractivity contribution in [3.8, 4) is 5.75 Å². The highest BCUT2D eigenvalue weighted by Crippen LogP contribution is 2.27. The van der Waals surface area contributed by atoms with Gasteiger partial charge < -0.3 is 20.1 Å². The van der Waals surface area contributed by atoms with Crippen LogP contribution in [-0.4, -0.2) is 35.9 Å². The maximum atomic E-state index is 10.3. The molecule has 150 valence electrons. The molecule has 0 saturated heterocycles.